The minimum Gasteiger partial charge on any atom is -0.0760 e. The van der Waals surface area contributed by atoms with E-state index < -0.39 is 0 Å². The van der Waals surface area contributed by atoms with Gasteiger partial charge in [-0.25, -0.2) is 0 Å². The molecule has 6 aromatic rings. The second-order valence-electron chi connectivity index (χ2n) is 12.9. The zero-order chi connectivity index (χ0) is 28.7. The van der Waals surface area contributed by atoms with Crippen LogP contribution in [0.25, 0.3) is 38.2 Å². The molecule has 9 rings (SSSR count). The number of benzene rings is 6. The van der Waals surface area contributed by atoms with Crippen LogP contribution in [0.15, 0.2) is 151 Å². The van der Waals surface area contributed by atoms with Crippen molar-refractivity contribution in [2.24, 2.45) is 5.92 Å². The van der Waals surface area contributed by atoms with Crippen molar-refractivity contribution in [2.45, 2.75) is 25.2 Å². The van der Waals surface area contributed by atoms with Crippen LogP contribution in [0.4, 0.5) is 0 Å². The highest BCUT2D eigenvalue weighted by Crippen LogP contribution is 2.54. The van der Waals surface area contributed by atoms with Crippen LogP contribution < -0.4 is 0 Å². The van der Waals surface area contributed by atoms with Crippen LogP contribution in [0.5, 0.6) is 0 Å². The molecular formula is C43H32. The lowest BCUT2D eigenvalue weighted by Gasteiger charge is -2.38. The van der Waals surface area contributed by atoms with E-state index in [-0.39, 0.29) is 17.3 Å². The Morgan fingerprint density at radius 2 is 1.28 bits per heavy atom. The van der Waals surface area contributed by atoms with E-state index in [4.69, 9.17) is 0 Å². The summed E-state index contributed by atoms with van der Waals surface area (Å²) in [7, 11) is 0. The molecule has 43 heavy (non-hydrogen) atoms. The van der Waals surface area contributed by atoms with Crippen molar-refractivity contribution in [2.75, 3.05) is 0 Å². The predicted molar refractivity (Wildman–Crippen MR) is 182 cm³/mol. The van der Waals surface area contributed by atoms with Gasteiger partial charge >= 0.3 is 0 Å². The first-order valence-corrected chi connectivity index (χ1v) is 15.4. The molecule has 0 bridgehead atoms. The molecule has 3 aliphatic carbocycles. The summed E-state index contributed by atoms with van der Waals surface area (Å²) in [4.78, 5) is 0. The number of fused-ring (bicyclic) bond motifs is 8. The first kappa shape index (κ1) is 24.6. The second-order valence-corrected chi connectivity index (χ2v) is 12.9. The maximum atomic E-state index is 2.50. The van der Waals surface area contributed by atoms with Crippen molar-refractivity contribution in [1.82, 2.24) is 0 Å². The topological polar surface area (TPSA) is 0 Å². The zero-order valence-electron chi connectivity index (χ0n) is 24.5. The average molecular weight is 549 g/mol. The smallest absolute Gasteiger partial charge is 0.0206 e. The molecule has 0 saturated carbocycles. The summed E-state index contributed by atoms with van der Waals surface area (Å²) in [6, 6.07) is 45.7. The maximum Gasteiger partial charge on any atom is 0.0206 e. The van der Waals surface area contributed by atoms with Gasteiger partial charge in [0, 0.05) is 17.3 Å². The first-order chi connectivity index (χ1) is 21.1. The summed E-state index contributed by atoms with van der Waals surface area (Å²) in [6.45, 7) is 4.76. The summed E-state index contributed by atoms with van der Waals surface area (Å²) in [6.07, 6.45) is 9.28. The normalized spacial score (nSPS) is 19.3. The van der Waals surface area contributed by atoms with Crippen molar-refractivity contribution in [1.29, 1.82) is 0 Å². The van der Waals surface area contributed by atoms with E-state index in [0.29, 0.717) is 0 Å². The molecule has 0 radical (unpaired) electrons. The lowest BCUT2D eigenvalue weighted by Crippen LogP contribution is -2.23. The molecule has 0 nitrogen and oxygen atoms in total. The standard InChI is InChI=1S/C43H32/c1-43(2)38-18-10-9-15-33(38)34-23-22-31(26-39(34)43)40-35-16-7-8-17-36(35)41(30-20-19-27-11-3-4-13-29(27)25-30)42-32-14-6-5-12-28(32)21-24-37(40)42/h3-26,36,41H,1-2H3. The summed E-state index contributed by atoms with van der Waals surface area (Å²) in [5, 5.41) is 5.24. The van der Waals surface area contributed by atoms with Crippen LogP contribution in [0, 0.1) is 5.92 Å². The summed E-state index contributed by atoms with van der Waals surface area (Å²) >= 11 is 0. The summed E-state index contributed by atoms with van der Waals surface area (Å²) < 4.78 is 0. The summed E-state index contributed by atoms with van der Waals surface area (Å²) in [5.41, 5.74) is 13.8. The molecule has 2 atom stereocenters. The van der Waals surface area contributed by atoms with Gasteiger partial charge in [0.25, 0.3) is 0 Å². The van der Waals surface area contributed by atoms with E-state index >= 15 is 0 Å². The minimum absolute atomic E-state index is 0.0383. The van der Waals surface area contributed by atoms with Gasteiger partial charge in [-0.1, -0.05) is 153 Å². The highest BCUT2D eigenvalue weighted by Gasteiger charge is 2.39. The van der Waals surface area contributed by atoms with Crippen molar-refractivity contribution in [3.8, 4) is 11.1 Å². The quantitative estimate of drug-likeness (QED) is 0.202. The Morgan fingerprint density at radius 3 is 2.19 bits per heavy atom. The van der Waals surface area contributed by atoms with Crippen LogP contribution >= 0.6 is 0 Å². The minimum atomic E-state index is -0.0383. The molecule has 0 N–H and O–H groups in total. The average Bonchev–Trinajstić information content (AvgIpc) is 3.29. The lowest BCUT2D eigenvalue weighted by molar-refractivity contribution is 0.653. The molecule has 3 aliphatic rings. The van der Waals surface area contributed by atoms with E-state index in [1.165, 1.54) is 77.2 Å². The third-order valence-corrected chi connectivity index (χ3v) is 10.3. The molecule has 0 aromatic heterocycles. The number of rotatable bonds is 2. The molecule has 0 aliphatic heterocycles. The monoisotopic (exact) mass is 548 g/mol. The van der Waals surface area contributed by atoms with Gasteiger partial charge in [-0.15, -0.1) is 0 Å². The Morgan fingerprint density at radius 1 is 0.558 bits per heavy atom. The van der Waals surface area contributed by atoms with Gasteiger partial charge in [-0.05, 0) is 83.3 Å². The number of hydrogen-bond donors (Lipinski definition) is 0. The van der Waals surface area contributed by atoms with Crippen molar-refractivity contribution >= 4 is 27.1 Å². The van der Waals surface area contributed by atoms with Crippen LogP contribution in [0.1, 0.15) is 53.1 Å². The summed E-state index contributed by atoms with van der Waals surface area (Å²) in [5.74, 6) is 0.471. The molecule has 204 valence electrons. The highest BCUT2D eigenvalue weighted by molar-refractivity contribution is 5.98. The van der Waals surface area contributed by atoms with E-state index in [9.17, 15) is 0 Å². The van der Waals surface area contributed by atoms with E-state index in [1.54, 1.807) is 0 Å². The van der Waals surface area contributed by atoms with Gasteiger partial charge in [0.2, 0.25) is 0 Å². The maximum absolute atomic E-state index is 2.50. The van der Waals surface area contributed by atoms with Crippen molar-refractivity contribution in [3.05, 3.63) is 185 Å². The number of allylic oxidation sites excluding steroid dienone is 5. The number of hydrogen-bond acceptors (Lipinski definition) is 0. The fraction of sp³-hybridized carbons (Fsp3) is 0.116. The fourth-order valence-electron chi connectivity index (χ4n) is 8.24. The molecule has 0 amide bonds. The van der Waals surface area contributed by atoms with E-state index in [2.05, 4.69) is 159 Å². The first-order valence-electron chi connectivity index (χ1n) is 15.4. The van der Waals surface area contributed by atoms with Gasteiger partial charge in [-0.3, -0.25) is 0 Å². The highest BCUT2D eigenvalue weighted by atomic mass is 14.4. The van der Waals surface area contributed by atoms with E-state index in [1.807, 2.05) is 0 Å². The Labute approximate surface area is 253 Å². The third kappa shape index (κ3) is 3.50. The third-order valence-electron chi connectivity index (χ3n) is 10.3. The van der Waals surface area contributed by atoms with Gasteiger partial charge in [0.05, 0.1) is 0 Å². The molecule has 2 unspecified atom stereocenters. The van der Waals surface area contributed by atoms with Crippen molar-refractivity contribution < 1.29 is 0 Å². The fourth-order valence-corrected chi connectivity index (χ4v) is 8.24. The predicted octanol–water partition coefficient (Wildman–Crippen LogP) is 11.0. The Kier molecular flexibility index (Phi) is 5.17. The lowest BCUT2D eigenvalue weighted by atomic mass is 9.65. The molecule has 0 fully saturated rings. The van der Waals surface area contributed by atoms with Crippen LogP contribution in [0.3, 0.4) is 0 Å². The van der Waals surface area contributed by atoms with Crippen LogP contribution in [0.2, 0.25) is 0 Å². The van der Waals surface area contributed by atoms with E-state index in [0.717, 1.165) is 0 Å². The Balaban J connectivity index is 1.33. The van der Waals surface area contributed by atoms with Gasteiger partial charge in [0.15, 0.2) is 0 Å². The van der Waals surface area contributed by atoms with Gasteiger partial charge in [-0.2, -0.15) is 0 Å². The Bertz CT molecular complexity index is 2220. The molecular weight excluding hydrogens is 516 g/mol. The molecule has 0 saturated heterocycles. The van der Waals surface area contributed by atoms with Crippen LogP contribution in [-0.2, 0) is 5.41 Å². The largest absolute Gasteiger partial charge is 0.0760 e. The molecule has 0 heteroatoms. The molecule has 0 spiro atoms. The molecule has 6 aromatic carbocycles. The van der Waals surface area contributed by atoms with Crippen LogP contribution in [-0.4, -0.2) is 0 Å². The Hall–Kier alpha value is -4.94. The zero-order valence-corrected chi connectivity index (χ0v) is 24.5. The van der Waals surface area contributed by atoms with Gasteiger partial charge < -0.3 is 0 Å². The second kappa shape index (κ2) is 9.03. The SMILES string of the molecule is CC1(C)c2ccccc2-c2ccc(C3=C4C=CC=CC4C(c4ccc5ccccc5c4)c4c3ccc3ccccc43)cc21. The van der Waals surface area contributed by atoms with Gasteiger partial charge in [0.1, 0.15) is 0 Å². The van der Waals surface area contributed by atoms with Crippen molar-refractivity contribution in [3.63, 3.8) is 0 Å². The molecule has 0 heterocycles.